The Morgan fingerprint density at radius 1 is 1.08 bits per heavy atom. The van der Waals surface area contributed by atoms with E-state index in [-0.39, 0.29) is 25.7 Å². The predicted octanol–water partition coefficient (Wildman–Crippen LogP) is 4.09. The van der Waals surface area contributed by atoms with E-state index in [0.29, 0.717) is 0 Å². The van der Waals surface area contributed by atoms with E-state index in [1.165, 1.54) is 37.3 Å². The van der Waals surface area contributed by atoms with Crippen LogP contribution in [0.25, 0.3) is 0 Å². The predicted molar refractivity (Wildman–Crippen MR) is 96.3 cm³/mol. The highest BCUT2D eigenvalue weighted by atomic mass is 35.5. The molecule has 1 amide bonds. The number of carbonyl (C=O) groups excluding carboxylic acids is 1. The molecule has 10 heteroatoms. The van der Waals surface area contributed by atoms with Crippen molar-refractivity contribution in [3.8, 4) is 0 Å². The van der Waals surface area contributed by atoms with Crippen molar-refractivity contribution in [3.63, 3.8) is 0 Å². The number of halogens is 4. The summed E-state index contributed by atoms with van der Waals surface area (Å²) < 4.78 is 40.0. The van der Waals surface area contributed by atoms with E-state index in [2.05, 4.69) is 10.0 Å². The molecule has 134 valence electrons. The first-order chi connectivity index (χ1) is 11.6. The van der Waals surface area contributed by atoms with Gasteiger partial charge in [-0.2, -0.15) is 4.72 Å². The number of amides is 1. The van der Waals surface area contributed by atoms with Crippen molar-refractivity contribution in [1.29, 1.82) is 0 Å². The molecule has 2 rings (SSSR count). The van der Waals surface area contributed by atoms with Gasteiger partial charge in [-0.1, -0.05) is 34.8 Å². The van der Waals surface area contributed by atoms with Crippen LogP contribution in [0.15, 0.2) is 41.3 Å². The Morgan fingerprint density at radius 2 is 1.76 bits per heavy atom. The van der Waals surface area contributed by atoms with E-state index in [1.54, 1.807) is 0 Å². The maximum absolute atomic E-state index is 13.1. The van der Waals surface area contributed by atoms with Crippen molar-refractivity contribution in [3.05, 3.63) is 57.3 Å². The SMILES string of the molecule is C[C@H](NS(=O)(=O)c1cc(Cl)ccc1Cl)C(=O)Nc1ccc(F)c(Cl)c1. The highest BCUT2D eigenvalue weighted by molar-refractivity contribution is 7.89. The van der Waals surface area contributed by atoms with Gasteiger partial charge in [0.1, 0.15) is 10.7 Å². The number of carbonyl (C=O) groups is 1. The lowest BCUT2D eigenvalue weighted by atomic mass is 10.3. The van der Waals surface area contributed by atoms with Gasteiger partial charge in [0.15, 0.2) is 0 Å². The fourth-order valence-electron chi connectivity index (χ4n) is 1.86. The van der Waals surface area contributed by atoms with Crippen LogP contribution in [0.5, 0.6) is 0 Å². The summed E-state index contributed by atoms with van der Waals surface area (Å²) in [6, 6.07) is 6.41. The first-order valence-electron chi connectivity index (χ1n) is 6.83. The van der Waals surface area contributed by atoms with E-state index >= 15 is 0 Å². The third-order valence-electron chi connectivity index (χ3n) is 3.10. The van der Waals surface area contributed by atoms with Crippen LogP contribution in [0.1, 0.15) is 6.92 Å². The number of nitrogens with one attached hydrogen (secondary N) is 2. The van der Waals surface area contributed by atoms with Gasteiger partial charge in [0.05, 0.1) is 16.1 Å². The lowest BCUT2D eigenvalue weighted by Crippen LogP contribution is -2.41. The van der Waals surface area contributed by atoms with Gasteiger partial charge in [-0.3, -0.25) is 4.79 Å². The van der Waals surface area contributed by atoms with Crippen LogP contribution in [0.4, 0.5) is 10.1 Å². The molecule has 2 N–H and O–H groups in total. The number of hydrogen-bond acceptors (Lipinski definition) is 3. The lowest BCUT2D eigenvalue weighted by Gasteiger charge is -2.15. The zero-order valence-electron chi connectivity index (χ0n) is 12.7. The van der Waals surface area contributed by atoms with Gasteiger partial charge < -0.3 is 5.32 Å². The molecule has 0 saturated heterocycles. The van der Waals surface area contributed by atoms with Gasteiger partial charge in [0.25, 0.3) is 0 Å². The Balaban J connectivity index is 2.14. The van der Waals surface area contributed by atoms with Crippen LogP contribution in [-0.2, 0) is 14.8 Å². The van der Waals surface area contributed by atoms with E-state index in [9.17, 15) is 17.6 Å². The van der Waals surface area contributed by atoms with E-state index in [4.69, 9.17) is 34.8 Å². The number of sulfonamides is 1. The average molecular weight is 426 g/mol. The molecule has 0 heterocycles. The second-order valence-electron chi connectivity index (χ2n) is 5.04. The Morgan fingerprint density at radius 3 is 2.40 bits per heavy atom. The molecule has 5 nitrogen and oxygen atoms in total. The molecule has 2 aromatic rings. The fraction of sp³-hybridized carbons (Fsp3) is 0.133. The number of benzene rings is 2. The molecule has 0 saturated carbocycles. The van der Waals surface area contributed by atoms with Gasteiger partial charge in [-0.15, -0.1) is 0 Å². The molecule has 0 aliphatic heterocycles. The van der Waals surface area contributed by atoms with Crippen LogP contribution in [0.2, 0.25) is 15.1 Å². The normalized spacial score (nSPS) is 12.7. The summed E-state index contributed by atoms with van der Waals surface area (Å²) in [5.41, 5.74) is 0.225. The summed E-state index contributed by atoms with van der Waals surface area (Å²) in [5, 5.41) is 2.41. The van der Waals surface area contributed by atoms with E-state index in [1.807, 2.05) is 0 Å². The zero-order chi connectivity index (χ0) is 18.8. The smallest absolute Gasteiger partial charge is 0.242 e. The second-order valence-corrected chi connectivity index (χ2v) is 7.97. The summed E-state index contributed by atoms with van der Waals surface area (Å²) in [4.78, 5) is 11.9. The Labute approximate surface area is 159 Å². The third kappa shape index (κ3) is 5.05. The summed E-state index contributed by atoms with van der Waals surface area (Å²) in [6.07, 6.45) is 0. The molecule has 2 aromatic carbocycles. The molecule has 0 radical (unpaired) electrons. The minimum Gasteiger partial charge on any atom is -0.325 e. The molecule has 0 fully saturated rings. The van der Waals surface area contributed by atoms with Crippen molar-refractivity contribution < 1.29 is 17.6 Å². The van der Waals surface area contributed by atoms with Gasteiger partial charge in [-0.05, 0) is 43.3 Å². The maximum Gasteiger partial charge on any atom is 0.242 e. The number of hydrogen-bond donors (Lipinski definition) is 2. The zero-order valence-corrected chi connectivity index (χ0v) is 15.8. The van der Waals surface area contributed by atoms with Crippen molar-refractivity contribution in [2.45, 2.75) is 17.9 Å². The topological polar surface area (TPSA) is 75.3 Å². The van der Waals surface area contributed by atoms with Crippen LogP contribution in [-0.4, -0.2) is 20.4 Å². The quantitative estimate of drug-likeness (QED) is 0.757. The molecule has 0 aliphatic carbocycles. The maximum atomic E-state index is 13.1. The lowest BCUT2D eigenvalue weighted by molar-refractivity contribution is -0.117. The number of anilines is 1. The average Bonchev–Trinajstić information content (AvgIpc) is 2.52. The first kappa shape index (κ1) is 19.9. The van der Waals surface area contributed by atoms with Crippen LogP contribution >= 0.6 is 34.8 Å². The van der Waals surface area contributed by atoms with Crippen LogP contribution in [0, 0.1) is 5.82 Å². The minimum atomic E-state index is -4.08. The number of rotatable bonds is 5. The third-order valence-corrected chi connectivity index (χ3v) is 5.64. The minimum absolute atomic E-state index is 0.0326. The molecule has 1 atom stereocenters. The summed E-state index contributed by atoms with van der Waals surface area (Å²) in [7, 11) is -4.08. The Bertz CT molecular complexity index is 922. The Kier molecular flexibility index (Phi) is 6.29. The van der Waals surface area contributed by atoms with Crippen LogP contribution in [0.3, 0.4) is 0 Å². The molecule has 0 aromatic heterocycles. The highest BCUT2D eigenvalue weighted by Gasteiger charge is 2.24. The summed E-state index contributed by atoms with van der Waals surface area (Å²) in [5.74, 6) is -1.30. The van der Waals surface area contributed by atoms with E-state index in [0.717, 1.165) is 6.07 Å². The van der Waals surface area contributed by atoms with Crippen molar-refractivity contribution in [1.82, 2.24) is 4.72 Å². The van der Waals surface area contributed by atoms with E-state index < -0.39 is 27.8 Å². The van der Waals surface area contributed by atoms with Crippen molar-refractivity contribution in [2.75, 3.05) is 5.32 Å². The van der Waals surface area contributed by atoms with Gasteiger partial charge in [0.2, 0.25) is 15.9 Å². The standard InChI is InChI=1S/C15H12Cl3FN2O3S/c1-8(15(22)20-10-3-5-13(19)12(18)7-10)21-25(23,24)14-6-9(16)2-4-11(14)17/h2-8,21H,1H3,(H,20,22)/t8-/m0/s1. The summed E-state index contributed by atoms with van der Waals surface area (Å²) >= 11 is 17.3. The van der Waals surface area contributed by atoms with Gasteiger partial charge in [-0.25, -0.2) is 12.8 Å². The molecule has 0 unspecified atom stereocenters. The highest BCUT2D eigenvalue weighted by Crippen LogP contribution is 2.25. The van der Waals surface area contributed by atoms with Gasteiger partial charge >= 0.3 is 0 Å². The Hall–Kier alpha value is -1.38. The summed E-state index contributed by atoms with van der Waals surface area (Å²) in [6.45, 7) is 1.34. The van der Waals surface area contributed by atoms with Crippen LogP contribution < -0.4 is 10.0 Å². The molecule has 25 heavy (non-hydrogen) atoms. The fourth-order valence-corrected chi connectivity index (χ4v) is 4.00. The monoisotopic (exact) mass is 424 g/mol. The second kappa shape index (κ2) is 7.88. The molecule has 0 bridgehead atoms. The van der Waals surface area contributed by atoms with Gasteiger partial charge in [0, 0.05) is 10.7 Å². The largest absolute Gasteiger partial charge is 0.325 e. The van der Waals surface area contributed by atoms with Crippen molar-refractivity contribution >= 4 is 56.4 Å². The first-order valence-corrected chi connectivity index (χ1v) is 9.45. The molecular formula is C15H12Cl3FN2O3S. The molecular weight excluding hydrogens is 414 g/mol. The molecule has 0 spiro atoms. The molecule has 0 aliphatic rings. The van der Waals surface area contributed by atoms with Crippen molar-refractivity contribution in [2.24, 2.45) is 0 Å².